The van der Waals surface area contributed by atoms with Crippen LogP contribution in [0.15, 0.2) is 21.6 Å². The van der Waals surface area contributed by atoms with Crippen LogP contribution in [-0.4, -0.2) is 47.1 Å². The molecule has 1 rings (SSSR count). The molecule has 1 N–H and O–H groups in total. The summed E-state index contributed by atoms with van der Waals surface area (Å²) in [5.74, 6) is 0.995. The number of hydrogen-bond donors (Lipinski definition) is 1. The molecule has 0 aliphatic heterocycles. The summed E-state index contributed by atoms with van der Waals surface area (Å²) in [6.07, 6.45) is 0. The molecule has 0 spiro atoms. The van der Waals surface area contributed by atoms with Crippen molar-refractivity contribution in [3.63, 3.8) is 0 Å². The molecule has 0 saturated heterocycles. The number of rotatable bonds is 8. The SMILES string of the molecule is COCC(C)CNCc1ccc(S(=O)(=O)N(C)C)o1. The number of furan rings is 1. The highest BCUT2D eigenvalue weighted by Gasteiger charge is 2.21. The molecule has 0 aliphatic carbocycles. The Hall–Kier alpha value is -0.890. The molecule has 7 heteroatoms. The van der Waals surface area contributed by atoms with Gasteiger partial charge in [-0.15, -0.1) is 0 Å². The molecule has 0 amide bonds. The monoisotopic (exact) mass is 290 g/mol. The summed E-state index contributed by atoms with van der Waals surface area (Å²) in [7, 11) is 1.13. The Morgan fingerprint density at radius 1 is 1.42 bits per heavy atom. The minimum absolute atomic E-state index is 0.0285. The molecular weight excluding hydrogens is 268 g/mol. The largest absolute Gasteiger partial charge is 0.447 e. The smallest absolute Gasteiger partial charge is 0.275 e. The highest BCUT2D eigenvalue weighted by molar-refractivity contribution is 7.88. The zero-order chi connectivity index (χ0) is 14.5. The van der Waals surface area contributed by atoms with Gasteiger partial charge in [0.15, 0.2) is 0 Å². The lowest BCUT2D eigenvalue weighted by Crippen LogP contribution is -2.23. The fourth-order valence-corrected chi connectivity index (χ4v) is 2.37. The van der Waals surface area contributed by atoms with Gasteiger partial charge in [-0.1, -0.05) is 6.92 Å². The first kappa shape index (κ1) is 16.2. The predicted molar refractivity (Wildman–Crippen MR) is 72.3 cm³/mol. The lowest BCUT2D eigenvalue weighted by Gasteiger charge is -2.10. The van der Waals surface area contributed by atoms with Gasteiger partial charge in [0.1, 0.15) is 5.76 Å². The van der Waals surface area contributed by atoms with E-state index in [1.165, 1.54) is 20.2 Å². The van der Waals surface area contributed by atoms with Crippen molar-refractivity contribution in [3.8, 4) is 0 Å². The standard InChI is InChI=1S/C12H22N2O4S/c1-10(9-17-4)7-13-8-11-5-6-12(18-11)19(15,16)14(2)3/h5-6,10,13H,7-9H2,1-4H3. The minimum Gasteiger partial charge on any atom is -0.447 e. The molecule has 1 unspecified atom stereocenters. The topological polar surface area (TPSA) is 71.8 Å². The van der Waals surface area contributed by atoms with Crippen molar-refractivity contribution in [1.29, 1.82) is 0 Å². The van der Waals surface area contributed by atoms with Gasteiger partial charge >= 0.3 is 0 Å². The molecule has 110 valence electrons. The van der Waals surface area contributed by atoms with E-state index in [1.54, 1.807) is 13.2 Å². The van der Waals surface area contributed by atoms with E-state index in [2.05, 4.69) is 12.2 Å². The van der Waals surface area contributed by atoms with E-state index >= 15 is 0 Å². The number of nitrogens with one attached hydrogen (secondary N) is 1. The Morgan fingerprint density at radius 2 is 2.11 bits per heavy atom. The van der Waals surface area contributed by atoms with Crippen molar-refractivity contribution in [2.75, 3.05) is 34.4 Å². The summed E-state index contributed by atoms with van der Waals surface area (Å²) in [5.41, 5.74) is 0. The van der Waals surface area contributed by atoms with Gasteiger partial charge in [-0.25, -0.2) is 12.7 Å². The van der Waals surface area contributed by atoms with E-state index in [0.29, 0.717) is 24.8 Å². The first-order valence-electron chi connectivity index (χ1n) is 6.08. The van der Waals surface area contributed by atoms with Crippen LogP contribution < -0.4 is 5.32 Å². The zero-order valence-electron chi connectivity index (χ0n) is 11.8. The van der Waals surface area contributed by atoms with E-state index in [-0.39, 0.29) is 5.09 Å². The van der Waals surface area contributed by atoms with Gasteiger partial charge in [0.05, 0.1) is 6.54 Å². The molecule has 1 atom stereocenters. The average Bonchev–Trinajstić information content (AvgIpc) is 2.78. The van der Waals surface area contributed by atoms with E-state index in [9.17, 15) is 8.42 Å². The van der Waals surface area contributed by atoms with Gasteiger partial charge in [0.25, 0.3) is 10.0 Å². The summed E-state index contributed by atoms with van der Waals surface area (Å²) < 4.78 is 35.1. The third-order valence-corrected chi connectivity index (χ3v) is 4.30. The zero-order valence-corrected chi connectivity index (χ0v) is 12.7. The second-order valence-electron chi connectivity index (χ2n) is 4.70. The first-order valence-corrected chi connectivity index (χ1v) is 7.52. The highest BCUT2D eigenvalue weighted by atomic mass is 32.2. The number of sulfonamides is 1. The van der Waals surface area contributed by atoms with Crippen LogP contribution in [0.4, 0.5) is 0 Å². The van der Waals surface area contributed by atoms with Crippen LogP contribution >= 0.6 is 0 Å². The van der Waals surface area contributed by atoms with E-state index in [0.717, 1.165) is 10.8 Å². The number of nitrogens with zero attached hydrogens (tertiary/aromatic N) is 1. The maximum atomic E-state index is 11.8. The van der Waals surface area contributed by atoms with Crippen molar-refractivity contribution in [3.05, 3.63) is 17.9 Å². The second kappa shape index (κ2) is 7.04. The molecule has 6 nitrogen and oxygen atoms in total. The van der Waals surface area contributed by atoms with E-state index in [4.69, 9.17) is 9.15 Å². The maximum absolute atomic E-state index is 11.8. The van der Waals surface area contributed by atoms with Gasteiger partial charge in [0.2, 0.25) is 5.09 Å². The molecule has 0 aliphatic rings. The van der Waals surface area contributed by atoms with E-state index < -0.39 is 10.0 Å². The van der Waals surface area contributed by atoms with Crippen molar-refractivity contribution >= 4 is 10.0 Å². The lowest BCUT2D eigenvalue weighted by molar-refractivity contribution is 0.158. The number of hydrogen-bond acceptors (Lipinski definition) is 5. The van der Waals surface area contributed by atoms with Crippen LogP contribution in [0.3, 0.4) is 0 Å². The van der Waals surface area contributed by atoms with Crippen LogP contribution in [0, 0.1) is 5.92 Å². The van der Waals surface area contributed by atoms with Crippen LogP contribution in [0.5, 0.6) is 0 Å². The maximum Gasteiger partial charge on any atom is 0.275 e. The molecule has 0 aromatic carbocycles. The summed E-state index contributed by atoms with van der Waals surface area (Å²) in [6, 6.07) is 3.15. The molecule has 1 aromatic heterocycles. The van der Waals surface area contributed by atoms with Crippen molar-refractivity contribution in [2.45, 2.75) is 18.6 Å². The third-order valence-electron chi connectivity index (χ3n) is 2.62. The summed E-state index contributed by atoms with van der Waals surface area (Å²) >= 11 is 0. The quantitative estimate of drug-likeness (QED) is 0.770. The first-order chi connectivity index (χ1) is 8.87. The van der Waals surface area contributed by atoms with Gasteiger partial charge in [-0.2, -0.15) is 0 Å². The van der Waals surface area contributed by atoms with Crippen LogP contribution in [-0.2, 0) is 21.3 Å². The fourth-order valence-electron chi connectivity index (χ4n) is 1.56. The molecule has 0 radical (unpaired) electrons. The molecule has 1 heterocycles. The Balaban J connectivity index is 2.52. The third kappa shape index (κ3) is 4.61. The number of methoxy groups -OCH3 is 1. The Bertz CT molecular complexity index is 482. The van der Waals surface area contributed by atoms with Gasteiger partial charge in [-0.05, 0) is 18.1 Å². The normalized spacial score (nSPS) is 13.9. The Morgan fingerprint density at radius 3 is 2.68 bits per heavy atom. The molecule has 0 bridgehead atoms. The fraction of sp³-hybridized carbons (Fsp3) is 0.667. The highest BCUT2D eigenvalue weighted by Crippen LogP contribution is 2.16. The predicted octanol–water partition coefficient (Wildman–Crippen LogP) is 0.902. The van der Waals surface area contributed by atoms with Crippen molar-refractivity contribution in [2.24, 2.45) is 5.92 Å². The van der Waals surface area contributed by atoms with Gasteiger partial charge in [-0.3, -0.25) is 0 Å². The van der Waals surface area contributed by atoms with Crippen molar-refractivity contribution in [1.82, 2.24) is 9.62 Å². The molecule has 19 heavy (non-hydrogen) atoms. The minimum atomic E-state index is -3.49. The Labute approximate surface area is 114 Å². The van der Waals surface area contributed by atoms with Crippen LogP contribution in [0.2, 0.25) is 0 Å². The van der Waals surface area contributed by atoms with Crippen LogP contribution in [0.25, 0.3) is 0 Å². The molecule has 0 saturated carbocycles. The van der Waals surface area contributed by atoms with Crippen molar-refractivity contribution < 1.29 is 17.6 Å². The summed E-state index contributed by atoms with van der Waals surface area (Å²) in [5, 5.41) is 3.17. The second-order valence-corrected chi connectivity index (χ2v) is 6.78. The van der Waals surface area contributed by atoms with Gasteiger partial charge in [0, 0.05) is 34.4 Å². The average molecular weight is 290 g/mol. The van der Waals surface area contributed by atoms with E-state index in [1.807, 2.05) is 0 Å². The molecular formula is C12H22N2O4S. The summed E-state index contributed by atoms with van der Waals surface area (Å²) in [4.78, 5) is 0. The Kier molecular flexibility index (Phi) is 5.99. The molecule has 1 aromatic rings. The number of ether oxygens (including phenoxy) is 1. The molecule has 0 fully saturated rings. The van der Waals surface area contributed by atoms with Crippen LogP contribution in [0.1, 0.15) is 12.7 Å². The lowest BCUT2D eigenvalue weighted by atomic mass is 10.2. The van der Waals surface area contributed by atoms with Gasteiger partial charge < -0.3 is 14.5 Å². The summed E-state index contributed by atoms with van der Waals surface area (Å²) in [6.45, 7) is 4.04.